The maximum Gasteiger partial charge on any atom is 0.0156 e. The van der Waals surface area contributed by atoms with Gasteiger partial charge in [-0.3, -0.25) is 0 Å². The lowest BCUT2D eigenvalue weighted by molar-refractivity contribution is 0.463. The number of hydrogen-bond donors (Lipinski definition) is 1. The van der Waals surface area contributed by atoms with Crippen molar-refractivity contribution in [3.63, 3.8) is 0 Å². The van der Waals surface area contributed by atoms with Gasteiger partial charge in [-0.25, -0.2) is 0 Å². The van der Waals surface area contributed by atoms with Crippen LogP contribution in [0.4, 0.5) is 0 Å². The summed E-state index contributed by atoms with van der Waals surface area (Å²) in [6.07, 6.45) is 2.15. The summed E-state index contributed by atoms with van der Waals surface area (Å²) in [5.41, 5.74) is 10.5. The molecule has 17 heavy (non-hydrogen) atoms. The maximum atomic E-state index is 6.08. The molecule has 0 unspecified atom stereocenters. The van der Waals surface area contributed by atoms with Gasteiger partial charge in [0, 0.05) is 12.0 Å². The zero-order valence-corrected chi connectivity index (χ0v) is 9.89. The van der Waals surface area contributed by atoms with Gasteiger partial charge in [-0.2, -0.15) is 0 Å². The van der Waals surface area contributed by atoms with Crippen molar-refractivity contribution < 1.29 is 0 Å². The van der Waals surface area contributed by atoms with Gasteiger partial charge in [0.25, 0.3) is 0 Å². The molecule has 0 aliphatic heterocycles. The average molecular weight is 223 g/mol. The minimum Gasteiger partial charge on any atom is -0.330 e. The highest BCUT2D eigenvalue weighted by Gasteiger charge is 2.37. The van der Waals surface area contributed by atoms with Crippen LogP contribution >= 0.6 is 0 Å². The van der Waals surface area contributed by atoms with E-state index in [4.69, 9.17) is 5.73 Å². The van der Waals surface area contributed by atoms with Gasteiger partial charge in [-0.1, -0.05) is 54.6 Å². The van der Waals surface area contributed by atoms with Crippen molar-refractivity contribution in [2.45, 2.75) is 18.3 Å². The van der Waals surface area contributed by atoms with Crippen molar-refractivity contribution >= 4 is 0 Å². The summed E-state index contributed by atoms with van der Waals surface area (Å²) in [6, 6.07) is 19.4. The van der Waals surface area contributed by atoms with E-state index in [1.165, 1.54) is 16.7 Å². The number of benzene rings is 2. The normalized spacial score (nSPS) is 16.8. The molecule has 1 aliphatic rings. The minimum absolute atomic E-state index is 0.116. The smallest absolute Gasteiger partial charge is 0.0156 e. The molecule has 0 aromatic heterocycles. The lowest BCUT2D eigenvalue weighted by Crippen LogP contribution is -2.35. The summed E-state index contributed by atoms with van der Waals surface area (Å²) in [4.78, 5) is 0. The second kappa shape index (κ2) is 4.01. The van der Waals surface area contributed by atoms with E-state index in [1.807, 2.05) is 0 Å². The van der Waals surface area contributed by atoms with Crippen LogP contribution < -0.4 is 5.73 Å². The molecular weight excluding hydrogens is 206 g/mol. The molecule has 2 aromatic carbocycles. The van der Waals surface area contributed by atoms with Crippen molar-refractivity contribution in [2.24, 2.45) is 5.73 Å². The number of fused-ring (bicyclic) bond motifs is 1. The highest BCUT2D eigenvalue weighted by molar-refractivity contribution is 5.42. The first-order valence-electron chi connectivity index (χ1n) is 6.16. The SMILES string of the molecule is NCC1(c2ccccc2)Cc2ccccc2C1. The lowest BCUT2D eigenvalue weighted by Gasteiger charge is -2.27. The molecule has 0 bridgehead atoms. The molecule has 0 saturated carbocycles. The maximum absolute atomic E-state index is 6.08. The Morgan fingerprint density at radius 1 is 0.824 bits per heavy atom. The third kappa shape index (κ3) is 1.67. The first kappa shape index (κ1) is 10.5. The van der Waals surface area contributed by atoms with Gasteiger partial charge in [0.1, 0.15) is 0 Å². The van der Waals surface area contributed by atoms with Gasteiger partial charge in [0.05, 0.1) is 0 Å². The van der Waals surface area contributed by atoms with Crippen molar-refractivity contribution in [3.8, 4) is 0 Å². The summed E-state index contributed by atoms with van der Waals surface area (Å²) in [5, 5.41) is 0. The predicted octanol–water partition coefficient (Wildman–Crippen LogP) is 2.68. The molecule has 1 aliphatic carbocycles. The molecule has 1 nitrogen and oxygen atoms in total. The molecule has 0 spiro atoms. The quantitative estimate of drug-likeness (QED) is 0.832. The average Bonchev–Trinajstić information content (AvgIpc) is 2.79. The number of hydrogen-bond acceptors (Lipinski definition) is 1. The molecule has 0 radical (unpaired) electrons. The van der Waals surface area contributed by atoms with E-state index in [-0.39, 0.29) is 5.41 Å². The van der Waals surface area contributed by atoms with Crippen LogP contribution in [-0.4, -0.2) is 6.54 Å². The fraction of sp³-hybridized carbons (Fsp3) is 0.250. The van der Waals surface area contributed by atoms with Crippen LogP contribution in [0.15, 0.2) is 54.6 Å². The van der Waals surface area contributed by atoms with E-state index < -0.39 is 0 Å². The Morgan fingerprint density at radius 2 is 1.35 bits per heavy atom. The number of nitrogens with two attached hydrogens (primary N) is 1. The third-order valence-corrected chi connectivity index (χ3v) is 3.95. The monoisotopic (exact) mass is 223 g/mol. The van der Waals surface area contributed by atoms with Crippen LogP contribution in [0.3, 0.4) is 0 Å². The lowest BCUT2D eigenvalue weighted by atomic mass is 9.78. The Morgan fingerprint density at radius 3 is 1.88 bits per heavy atom. The Balaban J connectivity index is 2.03. The summed E-state index contributed by atoms with van der Waals surface area (Å²) in [6.45, 7) is 0.714. The highest BCUT2D eigenvalue weighted by atomic mass is 14.6. The van der Waals surface area contributed by atoms with E-state index in [1.54, 1.807) is 0 Å². The van der Waals surface area contributed by atoms with Crippen LogP contribution in [-0.2, 0) is 18.3 Å². The fourth-order valence-electron chi connectivity index (χ4n) is 2.95. The molecule has 0 saturated heterocycles. The fourth-order valence-corrected chi connectivity index (χ4v) is 2.95. The van der Waals surface area contributed by atoms with Gasteiger partial charge in [-0.15, -0.1) is 0 Å². The van der Waals surface area contributed by atoms with E-state index in [0.717, 1.165) is 12.8 Å². The number of rotatable bonds is 2. The molecule has 3 rings (SSSR count). The second-order valence-corrected chi connectivity index (χ2v) is 4.97. The molecule has 0 atom stereocenters. The zero-order chi connectivity index (χ0) is 11.7. The van der Waals surface area contributed by atoms with Crippen LogP contribution in [0.1, 0.15) is 16.7 Å². The van der Waals surface area contributed by atoms with Crippen molar-refractivity contribution in [3.05, 3.63) is 71.3 Å². The molecule has 2 N–H and O–H groups in total. The van der Waals surface area contributed by atoms with E-state index in [9.17, 15) is 0 Å². The molecule has 1 heteroatoms. The van der Waals surface area contributed by atoms with Crippen molar-refractivity contribution in [2.75, 3.05) is 6.54 Å². The van der Waals surface area contributed by atoms with Crippen LogP contribution in [0, 0.1) is 0 Å². The van der Waals surface area contributed by atoms with E-state index in [2.05, 4.69) is 54.6 Å². The second-order valence-electron chi connectivity index (χ2n) is 4.97. The molecule has 0 amide bonds. The topological polar surface area (TPSA) is 26.0 Å². The van der Waals surface area contributed by atoms with Gasteiger partial charge >= 0.3 is 0 Å². The van der Waals surface area contributed by atoms with Gasteiger partial charge in [-0.05, 0) is 29.5 Å². The van der Waals surface area contributed by atoms with Crippen LogP contribution in [0.2, 0.25) is 0 Å². The van der Waals surface area contributed by atoms with E-state index >= 15 is 0 Å². The Kier molecular flexibility index (Phi) is 2.49. The first-order chi connectivity index (χ1) is 8.34. The Hall–Kier alpha value is -1.60. The van der Waals surface area contributed by atoms with Crippen molar-refractivity contribution in [1.29, 1.82) is 0 Å². The summed E-state index contributed by atoms with van der Waals surface area (Å²) < 4.78 is 0. The first-order valence-corrected chi connectivity index (χ1v) is 6.16. The van der Waals surface area contributed by atoms with Crippen LogP contribution in [0.25, 0.3) is 0 Å². The Labute approximate surface area is 102 Å². The summed E-state index contributed by atoms with van der Waals surface area (Å²) in [7, 11) is 0. The molecule has 86 valence electrons. The molecule has 0 fully saturated rings. The van der Waals surface area contributed by atoms with Crippen LogP contribution in [0.5, 0.6) is 0 Å². The third-order valence-electron chi connectivity index (χ3n) is 3.95. The minimum atomic E-state index is 0.116. The standard InChI is InChI=1S/C16H17N/c17-12-16(15-8-2-1-3-9-15)10-13-6-4-5-7-14(13)11-16/h1-9H,10-12,17H2. The molecule has 0 heterocycles. The summed E-state index contributed by atoms with van der Waals surface area (Å²) in [5.74, 6) is 0. The zero-order valence-electron chi connectivity index (χ0n) is 9.89. The van der Waals surface area contributed by atoms with E-state index in [0.29, 0.717) is 6.54 Å². The van der Waals surface area contributed by atoms with Gasteiger partial charge < -0.3 is 5.73 Å². The Bertz CT molecular complexity index is 491. The summed E-state index contributed by atoms with van der Waals surface area (Å²) >= 11 is 0. The van der Waals surface area contributed by atoms with Gasteiger partial charge in [0.15, 0.2) is 0 Å². The van der Waals surface area contributed by atoms with Crippen molar-refractivity contribution in [1.82, 2.24) is 0 Å². The largest absolute Gasteiger partial charge is 0.330 e. The van der Waals surface area contributed by atoms with Gasteiger partial charge in [0.2, 0.25) is 0 Å². The predicted molar refractivity (Wildman–Crippen MR) is 71.0 cm³/mol. The highest BCUT2D eigenvalue weighted by Crippen LogP contribution is 2.38. The molecule has 2 aromatic rings. The molecular formula is C16H17N.